The van der Waals surface area contributed by atoms with E-state index in [1.165, 1.54) is 7.11 Å². The van der Waals surface area contributed by atoms with Crippen LogP contribution in [0, 0.1) is 0 Å². The van der Waals surface area contributed by atoms with E-state index in [0.717, 1.165) is 31.1 Å². The SMILES string of the molecule is COC(=O)c1ccc2c(c1)OC[C@H](C)N(C1COC1)C2.S. The van der Waals surface area contributed by atoms with Gasteiger partial charge in [-0.05, 0) is 19.1 Å². The van der Waals surface area contributed by atoms with Crippen molar-refractivity contribution in [1.82, 2.24) is 4.90 Å². The lowest BCUT2D eigenvalue weighted by Crippen LogP contribution is -2.52. The van der Waals surface area contributed by atoms with Gasteiger partial charge in [-0.15, -0.1) is 0 Å². The molecule has 21 heavy (non-hydrogen) atoms. The van der Waals surface area contributed by atoms with Crippen LogP contribution < -0.4 is 4.74 Å². The zero-order valence-electron chi connectivity index (χ0n) is 12.3. The molecule has 1 aromatic carbocycles. The summed E-state index contributed by atoms with van der Waals surface area (Å²) >= 11 is 0. The van der Waals surface area contributed by atoms with Gasteiger partial charge in [0.05, 0.1) is 31.9 Å². The Morgan fingerprint density at radius 2 is 2.10 bits per heavy atom. The first kappa shape index (κ1) is 16.1. The Morgan fingerprint density at radius 1 is 1.33 bits per heavy atom. The lowest BCUT2D eigenvalue weighted by atomic mass is 10.1. The van der Waals surface area contributed by atoms with E-state index in [1.54, 1.807) is 12.1 Å². The Kier molecular flexibility index (Phi) is 5.13. The van der Waals surface area contributed by atoms with E-state index in [-0.39, 0.29) is 19.5 Å². The minimum atomic E-state index is -0.335. The molecule has 0 spiro atoms. The molecule has 1 fully saturated rings. The summed E-state index contributed by atoms with van der Waals surface area (Å²) in [7, 11) is 1.38. The molecule has 0 aromatic heterocycles. The number of rotatable bonds is 2. The third-order valence-electron chi connectivity index (χ3n) is 3.98. The molecule has 0 radical (unpaired) electrons. The van der Waals surface area contributed by atoms with Crippen LogP contribution in [0.25, 0.3) is 0 Å². The minimum Gasteiger partial charge on any atom is -0.492 e. The van der Waals surface area contributed by atoms with Gasteiger partial charge in [-0.2, -0.15) is 13.5 Å². The molecule has 0 N–H and O–H groups in total. The maximum Gasteiger partial charge on any atom is 0.337 e. The average molecular weight is 311 g/mol. The van der Waals surface area contributed by atoms with Gasteiger partial charge in [0, 0.05) is 18.2 Å². The summed E-state index contributed by atoms with van der Waals surface area (Å²) in [6.07, 6.45) is 0. The van der Waals surface area contributed by atoms with E-state index < -0.39 is 0 Å². The molecule has 0 aliphatic carbocycles. The molecule has 116 valence electrons. The molecule has 3 rings (SSSR count). The van der Waals surface area contributed by atoms with Crippen molar-refractivity contribution in [3.8, 4) is 5.75 Å². The fraction of sp³-hybridized carbons (Fsp3) is 0.533. The molecule has 2 aliphatic rings. The molecule has 0 amide bonds. The number of fused-ring (bicyclic) bond motifs is 1. The van der Waals surface area contributed by atoms with E-state index in [1.807, 2.05) is 6.07 Å². The minimum absolute atomic E-state index is 0. The predicted molar refractivity (Wildman–Crippen MR) is 83.3 cm³/mol. The fourth-order valence-corrected chi connectivity index (χ4v) is 2.63. The van der Waals surface area contributed by atoms with E-state index >= 15 is 0 Å². The number of nitrogens with zero attached hydrogens (tertiary/aromatic N) is 1. The van der Waals surface area contributed by atoms with Gasteiger partial charge < -0.3 is 14.2 Å². The van der Waals surface area contributed by atoms with Crippen LogP contribution in [0.4, 0.5) is 0 Å². The molecule has 0 saturated carbocycles. The molecule has 2 heterocycles. The number of carbonyl (C=O) groups is 1. The molecule has 1 aromatic rings. The summed E-state index contributed by atoms with van der Waals surface area (Å²) in [6, 6.07) is 6.32. The summed E-state index contributed by atoms with van der Waals surface area (Å²) in [5, 5.41) is 0. The molecule has 0 bridgehead atoms. The van der Waals surface area contributed by atoms with Gasteiger partial charge in [-0.3, -0.25) is 4.90 Å². The first-order chi connectivity index (χ1) is 9.69. The van der Waals surface area contributed by atoms with E-state index in [2.05, 4.69) is 11.8 Å². The fourth-order valence-electron chi connectivity index (χ4n) is 2.63. The zero-order valence-corrected chi connectivity index (χ0v) is 13.3. The first-order valence-electron chi connectivity index (χ1n) is 6.86. The second kappa shape index (κ2) is 6.68. The van der Waals surface area contributed by atoms with Gasteiger partial charge in [0.15, 0.2) is 0 Å². The Bertz CT molecular complexity index is 518. The smallest absolute Gasteiger partial charge is 0.337 e. The van der Waals surface area contributed by atoms with Crippen LogP contribution in [0.15, 0.2) is 18.2 Å². The van der Waals surface area contributed by atoms with Crippen molar-refractivity contribution >= 4 is 19.5 Å². The Morgan fingerprint density at radius 3 is 2.71 bits per heavy atom. The van der Waals surface area contributed by atoms with Crippen LogP contribution in [-0.4, -0.2) is 49.9 Å². The summed E-state index contributed by atoms with van der Waals surface area (Å²) in [5.74, 6) is 0.445. The topological polar surface area (TPSA) is 48.0 Å². The summed E-state index contributed by atoms with van der Waals surface area (Å²) in [5.41, 5.74) is 1.63. The monoisotopic (exact) mass is 311 g/mol. The van der Waals surface area contributed by atoms with Crippen molar-refractivity contribution in [3.63, 3.8) is 0 Å². The summed E-state index contributed by atoms with van der Waals surface area (Å²) in [4.78, 5) is 14.0. The second-order valence-corrected chi connectivity index (χ2v) is 5.34. The lowest BCUT2D eigenvalue weighted by Gasteiger charge is -2.39. The van der Waals surface area contributed by atoms with Crippen LogP contribution in [-0.2, 0) is 16.0 Å². The van der Waals surface area contributed by atoms with Crippen LogP contribution in [0.2, 0.25) is 0 Å². The normalized spacial score (nSPS) is 22.1. The van der Waals surface area contributed by atoms with E-state index in [4.69, 9.17) is 14.2 Å². The highest BCUT2D eigenvalue weighted by Gasteiger charge is 2.32. The van der Waals surface area contributed by atoms with Gasteiger partial charge in [-0.1, -0.05) is 6.07 Å². The number of benzene rings is 1. The quantitative estimate of drug-likeness (QED) is 0.776. The van der Waals surface area contributed by atoms with Crippen molar-refractivity contribution in [1.29, 1.82) is 0 Å². The predicted octanol–water partition coefficient (Wildman–Crippen LogP) is 1.57. The maximum atomic E-state index is 11.6. The highest BCUT2D eigenvalue weighted by molar-refractivity contribution is 7.59. The largest absolute Gasteiger partial charge is 0.492 e. The third-order valence-corrected chi connectivity index (χ3v) is 3.98. The number of esters is 1. The summed E-state index contributed by atoms with van der Waals surface area (Å²) in [6.45, 7) is 5.19. The van der Waals surface area contributed by atoms with Gasteiger partial charge in [0.25, 0.3) is 0 Å². The van der Waals surface area contributed by atoms with Crippen molar-refractivity contribution in [2.24, 2.45) is 0 Å². The van der Waals surface area contributed by atoms with Crippen molar-refractivity contribution in [3.05, 3.63) is 29.3 Å². The van der Waals surface area contributed by atoms with Gasteiger partial charge in [-0.25, -0.2) is 4.79 Å². The number of hydrogen-bond donors (Lipinski definition) is 0. The van der Waals surface area contributed by atoms with E-state index in [9.17, 15) is 4.79 Å². The number of ether oxygens (including phenoxy) is 3. The standard InChI is InChI=1S/C15H19NO4.H2S/c1-10-7-20-14-5-11(15(17)18-2)3-4-12(14)6-16(10)13-8-19-9-13;/h3-5,10,13H,6-9H2,1-2H3;1H2/t10-;/m0./s1. The highest BCUT2D eigenvalue weighted by Crippen LogP contribution is 2.29. The molecule has 6 heteroatoms. The average Bonchev–Trinajstić information content (AvgIpc) is 2.56. The van der Waals surface area contributed by atoms with Crippen molar-refractivity contribution < 1.29 is 19.0 Å². The second-order valence-electron chi connectivity index (χ2n) is 5.34. The Hall–Kier alpha value is -1.24. The maximum absolute atomic E-state index is 11.6. The zero-order chi connectivity index (χ0) is 14.1. The van der Waals surface area contributed by atoms with Crippen molar-refractivity contribution in [2.75, 3.05) is 26.9 Å². The third kappa shape index (κ3) is 3.17. The number of methoxy groups -OCH3 is 1. The summed E-state index contributed by atoms with van der Waals surface area (Å²) < 4.78 is 15.9. The van der Waals surface area contributed by atoms with Gasteiger partial charge >= 0.3 is 5.97 Å². The highest BCUT2D eigenvalue weighted by atomic mass is 32.1. The lowest BCUT2D eigenvalue weighted by molar-refractivity contribution is -0.0825. The number of hydrogen-bond acceptors (Lipinski definition) is 5. The Balaban J connectivity index is 0.00000161. The molecular weight excluding hydrogens is 290 g/mol. The van der Waals surface area contributed by atoms with Crippen LogP contribution in [0.3, 0.4) is 0 Å². The molecule has 1 saturated heterocycles. The molecule has 2 aliphatic heterocycles. The van der Waals surface area contributed by atoms with E-state index in [0.29, 0.717) is 24.3 Å². The Labute approximate surface area is 131 Å². The molecule has 0 unspecified atom stereocenters. The van der Waals surface area contributed by atoms with Gasteiger partial charge in [0.2, 0.25) is 0 Å². The van der Waals surface area contributed by atoms with Crippen LogP contribution >= 0.6 is 13.5 Å². The molecule has 1 atom stereocenters. The molecular formula is C15H21NO4S. The molecule has 5 nitrogen and oxygen atoms in total. The first-order valence-corrected chi connectivity index (χ1v) is 6.86. The van der Waals surface area contributed by atoms with Crippen molar-refractivity contribution in [2.45, 2.75) is 25.6 Å². The van der Waals surface area contributed by atoms with Gasteiger partial charge in [0.1, 0.15) is 12.4 Å². The van der Waals surface area contributed by atoms with Crippen LogP contribution in [0.5, 0.6) is 5.75 Å². The number of carbonyl (C=O) groups excluding carboxylic acids is 1. The van der Waals surface area contributed by atoms with Crippen LogP contribution in [0.1, 0.15) is 22.8 Å².